The van der Waals surface area contributed by atoms with E-state index in [1.807, 2.05) is 0 Å². The summed E-state index contributed by atoms with van der Waals surface area (Å²) in [4.78, 5) is 13.6. The Kier molecular flexibility index (Phi) is 4.84. The van der Waals surface area contributed by atoms with Gasteiger partial charge >= 0.3 is 0 Å². The zero-order valence-corrected chi connectivity index (χ0v) is 10.8. The SMILES string of the molecule is CN(CCC(N)=S)C(=O)c1c(F)cccc1Cl. The summed E-state index contributed by atoms with van der Waals surface area (Å²) < 4.78 is 13.5. The number of carbonyl (C=O) groups excluding carboxylic acids is 1. The van der Waals surface area contributed by atoms with Gasteiger partial charge in [-0.15, -0.1) is 0 Å². The first-order chi connectivity index (χ1) is 7.93. The molecule has 0 spiro atoms. The van der Waals surface area contributed by atoms with Crippen molar-refractivity contribution in [2.45, 2.75) is 6.42 Å². The van der Waals surface area contributed by atoms with E-state index in [2.05, 4.69) is 0 Å². The average molecular weight is 275 g/mol. The van der Waals surface area contributed by atoms with Crippen LogP contribution < -0.4 is 5.73 Å². The monoisotopic (exact) mass is 274 g/mol. The molecule has 0 atom stereocenters. The highest BCUT2D eigenvalue weighted by Crippen LogP contribution is 2.20. The van der Waals surface area contributed by atoms with Gasteiger partial charge in [-0.05, 0) is 12.1 Å². The van der Waals surface area contributed by atoms with Crippen molar-refractivity contribution in [3.63, 3.8) is 0 Å². The smallest absolute Gasteiger partial charge is 0.258 e. The molecule has 0 saturated heterocycles. The molecule has 17 heavy (non-hydrogen) atoms. The van der Waals surface area contributed by atoms with Gasteiger partial charge in [0.1, 0.15) is 5.82 Å². The fourth-order valence-corrected chi connectivity index (χ4v) is 1.61. The second-order valence-electron chi connectivity index (χ2n) is 3.54. The number of hydrogen-bond donors (Lipinski definition) is 1. The lowest BCUT2D eigenvalue weighted by Crippen LogP contribution is -2.30. The fraction of sp³-hybridized carbons (Fsp3) is 0.273. The van der Waals surface area contributed by atoms with E-state index in [1.165, 1.54) is 23.1 Å². The minimum atomic E-state index is -0.635. The van der Waals surface area contributed by atoms with Gasteiger partial charge in [0, 0.05) is 20.0 Å². The maximum atomic E-state index is 13.5. The number of halogens is 2. The topological polar surface area (TPSA) is 46.3 Å². The highest BCUT2D eigenvalue weighted by molar-refractivity contribution is 7.80. The number of thiocarbonyl (C=S) groups is 1. The summed E-state index contributed by atoms with van der Waals surface area (Å²) in [6.07, 6.45) is 0.393. The van der Waals surface area contributed by atoms with Crippen molar-refractivity contribution in [2.24, 2.45) is 5.73 Å². The van der Waals surface area contributed by atoms with Gasteiger partial charge in [0.05, 0.1) is 15.6 Å². The molecule has 1 rings (SSSR count). The first-order valence-electron chi connectivity index (χ1n) is 4.91. The minimum absolute atomic E-state index is 0.0946. The molecular formula is C11H12ClFN2OS. The van der Waals surface area contributed by atoms with Gasteiger partial charge in [0.15, 0.2) is 0 Å². The Morgan fingerprint density at radius 2 is 2.24 bits per heavy atom. The molecule has 0 heterocycles. The van der Waals surface area contributed by atoms with Crippen LogP contribution in [0.2, 0.25) is 5.02 Å². The molecule has 92 valence electrons. The zero-order chi connectivity index (χ0) is 13.0. The van der Waals surface area contributed by atoms with E-state index >= 15 is 0 Å². The molecule has 0 aliphatic rings. The molecule has 3 nitrogen and oxygen atoms in total. The number of nitrogens with zero attached hydrogens (tertiary/aromatic N) is 1. The Morgan fingerprint density at radius 1 is 1.59 bits per heavy atom. The van der Waals surface area contributed by atoms with E-state index in [4.69, 9.17) is 29.6 Å². The molecule has 0 bridgehead atoms. The summed E-state index contributed by atoms with van der Waals surface area (Å²) in [5.41, 5.74) is 5.21. The van der Waals surface area contributed by atoms with Crippen molar-refractivity contribution >= 4 is 34.7 Å². The predicted molar refractivity (Wildman–Crippen MR) is 69.8 cm³/mol. The van der Waals surface area contributed by atoms with E-state index < -0.39 is 11.7 Å². The zero-order valence-electron chi connectivity index (χ0n) is 9.24. The highest BCUT2D eigenvalue weighted by atomic mass is 35.5. The largest absolute Gasteiger partial charge is 0.393 e. The van der Waals surface area contributed by atoms with Crippen LogP contribution in [0.5, 0.6) is 0 Å². The summed E-state index contributed by atoms with van der Waals surface area (Å²) in [5.74, 6) is -1.12. The van der Waals surface area contributed by atoms with Crippen molar-refractivity contribution in [3.8, 4) is 0 Å². The number of nitrogens with two attached hydrogens (primary N) is 1. The van der Waals surface area contributed by atoms with Gasteiger partial charge in [0.25, 0.3) is 5.91 Å². The molecule has 0 aliphatic heterocycles. The maximum absolute atomic E-state index is 13.5. The predicted octanol–water partition coefficient (Wildman–Crippen LogP) is 2.23. The summed E-state index contributed by atoms with van der Waals surface area (Å²) in [6.45, 7) is 0.332. The van der Waals surface area contributed by atoms with E-state index in [0.717, 1.165) is 0 Å². The number of rotatable bonds is 4. The molecule has 1 aromatic rings. The Morgan fingerprint density at radius 3 is 2.76 bits per heavy atom. The van der Waals surface area contributed by atoms with Crippen LogP contribution in [0.1, 0.15) is 16.8 Å². The van der Waals surface area contributed by atoms with E-state index in [0.29, 0.717) is 18.0 Å². The van der Waals surface area contributed by atoms with Gasteiger partial charge in [-0.1, -0.05) is 29.9 Å². The van der Waals surface area contributed by atoms with E-state index in [9.17, 15) is 9.18 Å². The van der Waals surface area contributed by atoms with Crippen LogP contribution in [-0.4, -0.2) is 29.4 Å². The molecule has 0 unspecified atom stereocenters. The van der Waals surface area contributed by atoms with Crippen molar-refractivity contribution < 1.29 is 9.18 Å². The Labute approximate surface area is 109 Å². The number of carbonyl (C=O) groups is 1. The second kappa shape index (κ2) is 5.93. The quantitative estimate of drug-likeness (QED) is 0.857. The third kappa shape index (κ3) is 3.64. The molecule has 0 aliphatic carbocycles. The van der Waals surface area contributed by atoms with Gasteiger partial charge in [-0.2, -0.15) is 0 Å². The van der Waals surface area contributed by atoms with Crippen LogP contribution in [-0.2, 0) is 0 Å². The van der Waals surface area contributed by atoms with Crippen LogP contribution in [0.15, 0.2) is 18.2 Å². The average Bonchev–Trinajstić information content (AvgIpc) is 2.25. The summed E-state index contributed by atoms with van der Waals surface area (Å²) >= 11 is 10.5. The van der Waals surface area contributed by atoms with Crippen LogP contribution in [0, 0.1) is 5.82 Å². The lowest BCUT2D eigenvalue weighted by molar-refractivity contribution is 0.0794. The van der Waals surface area contributed by atoms with Crippen LogP contribution in [0.4, 0.5) is 4.39 Å². The highest BCUT2D eigenvalue weighted by Gasteiger charge is 2.19. The summed E-state index contributed by atoms with van der Waals surface area (Å²) in [5, 5.41) is 0.0946. The van der Waals surface area contributed by atoms with E-state index in [-0.39, 0.29) is 10.6 Å². The normalized spacial score (nSPS) is 10.1. The van der Waals surface area contributed by atoms with Crippen LogP contribution >= 0.6 is 23.8 Å². The molecule has 6 heteroatoms. The second-order valence-corrected chi connectivity index (χ2v) is 4.47. The molecular weight excluding hydrogens is 263 g/mol. The van der Waals surface area contributed by atoms with Gasteiger partial charge in [0.2, 0.25) is 0 Å². The van der Waals surface area contributed by atoms with Gasteiger partial charge in [-0.3, -0.25) is 4.79 Å². The molecule has 1 aromatic carbocycles. The third-order valence-corrected chi connectivity index (χ3v) is 2.74. The summed E-state index contributed by atoms with van der Waals surface area (Å²) in [7, 11) is 1.55. The van der Waals surface area contributed by atoms with Crippen molar-refractivity contribution in [1.82, 2.24) is 4.90 Å². The Balaban J connectivity index is 2.85. The molecule has 0 saturated carbocycles. The minimum Gasteiger partial charge on any atom is -0.393 e. The van der Waals surface area contributed by atoms with Crippen molar-refractivity contribution in [1.29, 1.82) is 0 Å². The first kappa shape index (κ1) is 13.9. The van der Waals surface area contributed by atoms with Gasteiger partial charge in [-0.25, -0.2) is 4.39 Å². The van der Waals surface area contributed by atoms with Crippen molar-refractivity contribution in [2.75, 3.05) is 13.6 Å². The lowest BCUT2D eigenvalue weighted by Gasteiger charge is -2.17. The molecule has 0 radical (unpaired) electrons. The number of benzene rings is 1. The molecule has 2 N–H and O–H groups in total. The Hall–Kier alpha value is -1.20. The molecule has 0 fully saturated rings. The third-order valence-electron chi connectivity index (χ3n) is 2.22. The lowest BCUT2D eigenvalue weighted by atomic mass is 10.2. The van der Waals surface area contributed by atoms with Crippen LogP contribution in [0.25, 0.3) is 0 Å². The van der Waals surface area contributed by atoms with E-state index in [1.54, 1.807) is 7.05 Å². The molecule has 1 amide bonds. The summed E-state index contributed by atoms with van der Waals surface area (Å²) in [6, 6.07) is 4.11. The number of amides is 1. The maximum Gasteiger partial charge on any atom is 0.258 e. The first-order valence-corrected chi connectivity index (χ1v) is 5.70. The number of hydrogen-bond acceptors (Lipinski definition) is 2. The van der Waals surface area contributed by atoms with Crippen molar-refractivity contribution in [3.05, 3.63) is 34.6 Å². The Bertz CT molecular complexity index is 433. The van der Waals surface area contributed by atoms with Crippen LogP contribution in [0.3, 0.4) is 0 Å². The van der Waals surface area contributed by atoms with Gasteiger partial charge < -0.3 is 10.6 Å². The fourth-order valence-electron chi connectivity index (χ4n) is 1.27. The molecule has 0 aromatic heterocycles. The standard InChI is InChI=1S/C11H12ClFN2OS/c1-15(6-5-9(14)17)11(16)10-7(12)3-2-4-8(10)13/h2-4H,5-6H2,1H3,(H2,14,17).